The van der Waals surface area contributed by atoms with Crippen molar-refractivity contribution in [2.75, 3.05) is 19.8 Å². The number of esters is 1. The normalized spacial score (nSPS) is 14.6. The number of carbonyl (C=O) groups excluding carboxylic acids is 8. The van der Waals surface area contributed by atoms with E-state index in [1.807, 2.05) is 0 Å². The number of carbonyl (C=O) groups is 8. The summed E-state index contributed by atoms with van der Waals surface area (Å²) in [7, 11) is 0. The summed E-state index contributed by atoms with van der Waals surface area (Å²) >= 11 is 23.0. The molecule has 0 aromatic heterocycles. The van der Waals surface area contributed by atoms with Crippen LogP contribution in [0.25, 0.3) is 0 Å². The summed E-state index contributed by atoms with van der Waals surface area (Å²) in [5.41, 5.74) is -6.67. The van der Waals surface area contributed by atoms with Gasteiger partial charge >= 0.3 is 5.97 Å². The first-order chi connectivity index (χ1) is 28.9. The smallest absolute Gasteiger partial charge is 0.338 e. The fraction of sp³-hybridized carbons (Fsp3) is 0.273. The van der Waals surface area contributed by atoms with E-state index < -0.39 is 99.7 Å². The van der Waals surface area contributed by atoms with Crippen LogP contribution in [0.3, 0.4) is 0 Å². The first-order valence-corrected chi connectivity index (χ1v) is 20.0. The summed E-state index contributed by atoms with van der Waals surface area (Å²) in [6, 6.07) is 21.1. The molecule has 320 valence electrons. The van der Waals surface area contributed by atoms with Crippen LogP contribution in [-0.4, -0.2) is 97.7 Å². The standard InChI is InChI=1S/C44H38Cl4O13/c1-3-43(22-61-42(59)31-20-12-11-19-30(31)41(48)58,35(52)32(49)24-13-5-8-16-27(24)38(45)55)21-60-23-44(4-2,36(53)33(50)25-14-6-9-17-28(25)39(46)56)37(54)34(51)26-15-7-10-18-29(26)40(47)57/h5-20,35-37,52-54H,3-4,21-23H2,1-2H3. The average molecular weight is 917 g/mol. The van der Waals surface area contributed by atoms with Gasteiger partial charge < -0.3 is 24.8 Å². The third kappa shape index (κ3) is 10.6. The number of aliphatic hydroxyl groups excluding tert-OH is 3. The fourth-order valence-corrected chi connectivity index (χ4v) is 7.47. The van der Waals surface area contributed by atoms with E-state index in [1.54, 1.807) is 0 Å². The van der Waals surface area contributed by atoms with Crippen LogP contribution in [0.5, 0.6) is 0 Å². The van der Waals surface area contributed by atoms with Gasteiger partial charge in [-0.3, -0.25) is 33.6 Å². The lowest BCUT2D eigenvalue weighted by atomic mass is 9.70. The van der Waals surface area contributed by atoms with Crippen molar-refractivity contribution in [3.8, 4) is 0 Å². The fourth-order valence-electron chi connectivity index (χ4n) is 6.81. The molecule has 4 aromatic rings. The van der Waals surface area contributed by atoms with Crippen LogP contribution in [-0.2, 0) is 9.47 Å². The maximum atomic E-state index is 14.1. The second-order valence-electron chi connectivity index (χ2n) is 13.9. The Kier molecular flexibility index (Phi) is 16.9. The number of Topliss-reactive ketones (excluding diaryl/α,β-unsaturated/α-hetero) is 3. The summed E-state index contributed by atoms with van der Waals surface area (Å²) in [6.07, 6.45) is -7.48. The first-order valence-electron chi connectivity index (χ1n) is 18.5. The zero-order chi connectivity index (χ0) is 45.2. The molecule has 0 amide bonds. The minimum Gasteiger partial charge on any atom is -0.461 e. The van der Waals surface area contributed by atoms with Crippen LogP contribution < -0.4 is 0 Å². The highest BCUT2D eigenvalue weighted by Gasteiger charge is 2.52. The quantitative estimate of drug-likeness (QED) is 0.0416. The van der Waals surface area contributed by atoms with E-state index in [1.165, 1.54) is 111 Å². The molecule has 3 N–H and O–H groups in total. The molecular weight excluding hydrogens is 878 g/mol. The number of benzene rings is 4. The number of hydrogen-bond acceptors (Lipinski definition) is 13. The van der Waals surface area contributed by atoms with Crippen LogP contribution in [0.1, 0.15) is 110 Å². The van der Waals surface area contributed by atoms with E-state index in [9.17, 15) is 53.7 Å². The number of hydrogen-bond donors (Lipinski definition) is 3. The number of aliphatic hydroxyl groups is 3. The van der Waals surface area contributed by atoms with E-state index in [-0.39, 0.29) is 50.9 Å². The maximum absolute atomic E-state index is 14.1. The summed E-state index contributed by atoms with van der Waals surface area (Å²) in [5, 5.41) is 31.7. The topological polar surface area (TPSA) is 216 Å². The van der Waals surface area contributed by atoms with Crippen molar-refractivity contribution >= 4 is 90.7 Å². The minimum absolute atomic E-state index is 0.210. The van der Waals surface area contributed by atoms with Gasteiger partial charge in [0.15, 0.2) is 17.3 Å². The zero-order valence-electron chi connectivity index (χ0n) is 32.4. The van der Waals surface area contributed by atoms with Crippen molar-refractivity contribution < 1.29 is 63.1 Å². The Bertz CT molecular complexity index is 2290. The summed E-state index contributed by atoms with van der Waals surface area (Å²) in [4.78, 5) is 105. The predicted molar refractivity (Wildman–Crippen MR) is 224 cm³/mol. The second-order valence-corrected chi connectivity index (χ2v) is 15.3. The van der Waals surface area contributed by atoms with E-state index >= 15 is 0 Å². The number of ketones is 3. The predicted octanol–water partition coefficient (Wildman–Crippen LogP) is 6.90. The summed E-state index contributed by atoms with van der Waals surface area (Å²) in [6.45, 7) is 0.403. The van der Waals surface area contributed by atoms with Gasteiger partial charge in [0.2, 0.25) is 0 Å². The maximum Gasteiger partial charge on any atom is 0.338 e. The Labute approximate surface area is 369 Å². The molecule has 0 fully saturated rings. The van der Waals surface area contributed by atoms with Crippen LogP contribution in [0, 0.1) is 10.8 Å². The highest BCUT2D eigenvalue weighted by atomic mass is 35.5. The van der Waals surface area contributed by atoms with Gasteiger partial charge in [-0.05, 0) is 89.6 Å². The van der Waals surface area contributed by atoms with Gasteiger partial charge in [-0.15, -0.1) is 0 Å². The molecule has 4 atom stereocenters. The highest BCUT2D eigenvalue weighted by Crippen LogP contribution is 2.39. The molecule has 4 unspecified atom stereocenters. The molecule has 4 aromatic carbocycles. The lowest BCUT2D eigenvalue weighted by Crippen LogP contribution is -2.56. The number of rotatable bonds is 22. The van der Waals surface area contributed by atoms with Crippen LogP contribution in [0.15, 0.2) is 97.1 Å². The van der Waals surface area contributed by atoms with E-state index in [0.717, 1.165) is 0 Å². The van der Waals surface area contributed by atoms with Crippen molar-refractivity contribution in [3.63, 3.8) is 0 Å². The van der Waals surface area contributed by atoms with Crippen LogP contribution >= 0.6 is 46.4 Å². The van der Waals surface area contributed by atoms with Gasteiger partial charge in [-0.1, -0.05) is 80.6 Å². The molecule has 0 aliphatic carbocycles. The average Bonchev–Trinajstić information content (AvgIpc) is 3.27. The van der Waals surface area contributed by atoms with Crippen molar-refractivity contribution in [2.45, 2.75) is 45.0 Å². The van der Waals surface area contributed by atoms with E-state index in [0.29, 0.717) is 0 Å². The summed E-state index contributed by atoms with van der Waals surface area (Å²) in [5.74, 6) is -4.48. The molecule has 0 bridgehead atoms. The molecule has 0 saturated carbocycles. The van der Waals surface area contributed by atoms with Gasteiger partial charge in [0.25, 0.3) is 21.0 Å². The van der Waals surface area contributed by atoms with Gasteiger partial charge in [0.05, 0.1) is 29.6 Å². The van der Waals surface area contributed by atoms with Gasteiger partial charge in [0, 0.05) is 38.9 Å². The first kappa shape index (κ1) is 48.7. The van der Waals surface area contributed by atoms with Crippen molar-refractivity contribution in [1.29, 1.82) is 0 Å². The molecule has 13 nitrogen and oxygen atoms in total. The number of ether oxygens (including phenoxy) is 2. The van der Waals surface area contributed by atoms with E-state index in [4.69, 9.17) is 55.9 Å². The Morgan fingerprint density at radius 1 is 0.459 bits per heavy atom. The molecule has 0 radical (unpaired) electrons. The molecule has 0 spiro atoms. The van der Waals surface area contributed by atoms with Crippen molar-refractivity contribution in [3.05, 3.63) is 142 Å². The van der Waals surface area contributed by atoms with Crippen LogP contribution in [0.2, 0.25) is 0 Å². The van der Waals surface area contributed by atoms with Gasteiger partial charge in [-0.25, -0.2) is 4.79 Å². The van der Waals surface area contributed by atoms with Crippen molar-refractivity contribution in [2.24, 2.45) is 10.8 Å². The monoisotopic (exact) mass is 914 g/mol. The largest absolute Gasteiger partial charge is 0.461 e. The Morgan fingerprint density at radius 2 is 0.770 bits per heavy atom. The van der Waals surface area contributed by atoms with E-state index in [2.05, 4.69) is 0 Å². The minimum atomic E-state index is -2.35. The highest BCUT2D eigenvalue weighted by molar-refractivity contribution is 6.69. The molecule has 17 heteroatoms. The Morgan fingerprint density at radius 3 is 1.10 bits per heavy atom. The molecule has 61 heavy (non-hydrogen) atoms. The SMILES string of the molecule is CCC(COCC(CC)(C(O)C(=O)c1ccccc1C(=O)Cl)C(O)C(=O)c1ccccc1C(=O)Cl)(COC(=O)c1ccccc1C(=O)Cl)C(O)C(=O)c1ccccc1C(=O)Cl. The lowest BCUT2D eigenvalue weighted by molar-refractivity contribution is -0.121. The molecule has 0 aliphatic rings. The second kappa shape index (κ2) is 21.2. The third-order valence-electron chi connectivity index (χ3n) is 10.6. The van der Waals surface area contributed by atoms with Crippen LogP contribution in [0.4, 0.5) is 0 Å². The van der Waals surface area contributed by atoms with Gasteiger partial charge in [0.1, 0.15) is 24.9 Å². The summed E-state index contributed by atoms with van der Waals surface area (Å²) < 4.78 is 11.7. The Hall–Kier alpha value is -4.96. The molecule has 4 rings (SSSR count). The van der Waals surface area contributed by atoms with Gasteiger partial charge in [-0.2, -0.15) is 0 Å². The third-order valence-corrected chi connectivity index (χ3v) is 11.4. The molecule has 0 heterocycles. The van der Waals surface area contributed by atoms with Crippen molar-refractivity contribution in [1.82, 2.24) is 0 Å². The Balaban J connectivity index is 1.84. The lowest BCUT2D eigenvalue weighted by Gasteiger charge is -2.41. The molecular formula is C44H38Cl4O13. The zero-order valence-corrected chi connectivity index (χ0v) is 35.5. The molecule has 0 saturated heterocycles. The molecule has 0 aliphatic heterocycles. The number of halogens is 4.